The van der Waals surface area contributed by atoms with E-state index in [4.69, 9.17) is 0 Å². The standard InChI is InChI=1S/C9H4F4N2O5S2/c10-8(11)9(12,13)21-15-7(16)5-2-1-4(14(17)18)3-6(5)22(15,19)20/h1-3,8H. The molecule has 0 saturated heterocycles. The summed E-state index contributed by atoms with van der Waals surface area (Å²) in [7, 11) is -4.89. The summed E-state index contributed by atoms with van der Waals surface area (Å²) < 4.78 is 73.7. The lowest BCUT2D eigenvalue weighted by molar-refractivity contribution is -0.385. The van der Waals surface area contributed by atoms with Gasteiger partial charge in [0.2, 0.25) is 0 Å². The van der Waals surface area contributed by atoms with Gasteiger partial charge in [0.15, 0.2) is 0 Å². The number of rotatable bonds is 4. The number of alkyl halides is 4. The predicted molar refractivity (Wildman–Crippen MR) is 65.0 cm³/mol. The molecule has 0 spiro atoms. The fraction of sp³-hybridized carbons (Fsp3) is 0.222. The van der Waals surface area contributed by atoms with E-state index in [2.05, 4.69) is 0 Å². The van der Waals surface area contributed by atoms with Crippen LogP contribution < -0.4 is 0 Å². The number of non-ortho nitro benzene ring substituents is 1. The SMILES string of the molecule is O=C1c2ccc([N+](=O)[O-])cc2S(=O)(=O)N1SC(F)(F)C(F)F. The molecule has 0 N–H and O–H groups in total. The van der Waals surface area contributed by atoms with Crippen LogP contribution in [0.25, 0.3) is 0 Å². The molecule has 0 aromatic heterocycles. The van der Waals surface area contributed by atoms with E-state index in [1.165, 1.54) is 0 Å². The van der Waals surface area contributed by atoms with Crippen molar-refractivity contribution in [2.24, 2.45) is 0 Å². The van der Waals surface area contributed by atoms with Crippen molar-refractivity contribution in [3.8, 4) is 0 Å². The van der Waals surface area contributed by atoms with Crippen LogP contribution in [0.4, 0.5) is 23.2 Å². The fourth-order valence-electron chi connectivity index (χ4n) is 1.55. The van der Waals surface area contributed by atoms with Crippen LogP contribution >= 0.6 is 11.9 Å². The summed E-state index contributed by atoms with van der Waals surface area (Å²) in [4.78, 5) is 20.5. The molecule has 0 radical (unpaired) electrons. The zero-order valence-corrected chi connectivity index (χ0v) is 11.7. The Morgan fingerprint density at radius 3 is 2.41 bits per heavy atom. The number of carbonyl (C=O) groups excluding carboxylic acids is 1. The largest absolute Gasteiger partial charge is 0.372 e. The van der Waals surface area contributed by atoms with Crippen molar-refractivity contribution in [3.63, 3.8) is 0 Å². The average Bonchev–Trinajstić information content (AvgIpc) is 2.59. The van der Waals surface area contributed by atoms with E-state index in [9.17, 15) is 40.9 Å². The smallest absolute Gasteiger partial charge is 0.267 e. The lowest BCUT2D eigenvalue weighted by Crippen LogP contribution is -2.32. The number of hydrogen-bond donors (Lipinski definition) is 0. The number of halogens is 4. The molecular weight excluding hydrogens is 356 g/mol. The molecule has 1 aliphatic heterocycles. The molecule has 0 saturated carbocycles. The Labute approximate surface area is 124 Å². The van der Waals surface area contributed by atoms with Crippen LogP contribution in [0.1, 0.15) is 10.4 Å². The Balaban J connectivity index is 2.51. The minimum absolute atomic E-state index is 0.493. The lowest BCUT2D eigenvalue weighted by atomic mass is 10.2. The monoisotopic (exact) mass is 360 g/mol. The number of carbonyl (C=O) groups is 1. The van der Waals surface area contributed by atoms with Crippen LogP contribution in [0.5, 0.6) is 0 Å². The summed E-state index contributed by atoms with van der Waals surface area (Å²) in [5.41, 5.74) is -1.30. The van der Waals surface area contributed by atoms with Crippen LogP contribution in [0.3, 0.4) is 0 Å². The van der Waals surface area contributed by atoms with Gasteiger partial charge in [0.25, 0.3) is 21.6 Å². The topological polar surface area (TPSA) is 97.6 Å². The van der Waals surface area contributed by atoms with E-state index in [1.54, 1.807) is 0 Å². The van der Waals surface area contributed by atoms with Crippen molar-refractivity contribution < 1.29 is 35.7 Å². The molecule has 13 heteroatoms. The van der Waals surface area contributed by atoms with Crippen molar-refractivity contribution in [1.29, 1.82) is 0 Å². The second-order valence-corrected chi connectivity index (χ2v) is 7.01. The third-order valence-electron chi connectivity index (χ3n) is 2.53. The Bertz CT molecular complexity index is 767. The highest BCUT2D eigenvalue weighted by molar-refractivity contribution is 8.10. The van der Waals surface area contributed by atoms with Gasteiger partial charge in [-0.15, -0.1) is 0 Å². The van der Waals surface area contributed by atoms with Crippen molar-refractivity contribution in [3.05, 3.63) is 33.9 Å². The number of nitro benzene ring substituents is 1. The summed E-state index contributed by atoms with van der Waals surface area (Å²) in [6.45, 7) is 0. The second-order valence-electron chi connectivity index (χ2n) is 3.93. The fourth-order valence-corrected chi connectivity index (χ4v) is 4.16. The molecular formula is C9H4F4N2O5S2. The minimum Gasteiger partial charge on any atom is -0.267 e. The molecule has 1 aromatic rings. The third kappa shape index (κ3) is 2.49. The number of sulfonamides is 1. The van der Waals surface area contributed by atoms with Gasteiger partial charge in [-0.05, 0) is 6.07 Å². The summed E-state index contributed by atoms with van der Waals surface area (Å²) in [6, 6.07) is 2.06. The molecule has 7 nitrogen and oxygen atoms in total. The van der Waals surface area contributed by atoms with E-state index in [-0.39, 0.29) is 0 Å². The molecule has 2 rings (SSSR count). The zero-order chi connectivity index (χ0) is 16.9. The summed E-state index contributed by atoms with van der Waals surface area (Å²) >= 11 is -1.15. The maximum Gasteiger partial charge on any atom is 0.372 e. The van der Waals surface area contributed by atoms with Crippen LogP contribution in [0, 0.1) is 10.1 Å². The molecule has 1 aromatic carbocycles. The van der Waals surface area contributed by atoms with Crippen molar-refractivity contribution in [2.75, 3.05) is 0 Å². The normalized spacial score (nSPS) is 17.0. The predicted octanol–water partition coefficient (Wildman–Crippen LogP) is 2.25. The highest BCUT2D eigenvalue weighted by Crippen LogP contribution is 2.45. The van der Waals surface area contributed by atoms with Gasteiger partial charge in [-0.1, -0.05) is 0 Å². The second kappa shape index (κ2) is 5.08. The van der Waals surface area contributed by atoms with Crippen LogP contribution in [-0.4, -0.2) is 34.6 Å². The van der Waals surface area contributed by atoms with Gasteiger partial charge in [-0.3, -0.25) is 14.9 Å². The summed E-state index contributed by atoms with van der Waals surface area (Å²) in [5.74, 6) is -1.48. The molecule has 120 valence electrons. The van der Waals surface area contributed by atoms with Crippen molar-refractivity contribution in [2.45, 2.75) is 16.6 Å². The number of nitro groups is 1. The molecule has 0 atom stereocenters. The van der Waals surface area contributed by atoms with E-state index >= 15 is 0 Å². The number of benzene rings is 1. The van der Waals surface area contributed by atoms with E-state index in [1.807, 2.05) is 0 Å². The molecule has 1 aliphatic rings. The number of nitrogens with zero attached hydrogens (tertiary/aromatic N) is 2. The first-order valence-electron chi connectivity index (χ1n) is 5.21. The van der Waals surface area contributed by atoms with Crippen LogP contribution in [0.2, 0.25) is 0 Å². The third-order valence-corrected chi connectivity index (χ3v) is 5.59. The summed E-state index contributed by atoms with van der Waals surface area (Å²) in [5, 5.41) is 5.76. The number of amides is 1. The van der Waals surface area contributed by atoms with Gasteiger partial charge >= 0.3 is 11.7 Å². The minimum atomic E-state index is -4.89. The number of fused-ring (bicyclic) bond motifs is 1. The van der Waals surface area contributed by atoms with Crippen LogP contribution in [0.15, 0.2) is 23.1 Å². The molecule has 0 fully saturated rings. The van der Waals surface area contributed by atoms with Gasteiger partial charge in [0, 0.05) is 12.1 Å². The molecule has 22 heavy (non-hydrogen) atoms. The van der Waals surface area contributed by atoms with Crippen LogP contribution in [-0.2, 0) is 10.0 Å². The lowest BCUT2D eigenvalue weighted by Gasteiger charge is -2.20. The van der Waals surface area contributed by atoms with Gasteiger partial charge < -0.3 is 0 Å². The molecule has 0 bridgehead atoms. The Kier molecular flexibility index (Phi) is 3.81. The van der Waals surface area contributed by atoms with Gasteiger partial charge in [-0.2, -0.15) is 12.5 Å². The zero-order valence-electron chi connectivity index (χ0n) is 10.1. The first-order valence-corrected chi connectivity index (χ1v) is 7.43. The van der Waals surface area contributed by atoms with E-state index in [0.29, 0.717) is 6.07 Å². The first-order chi connectivity index (χ1) is 9.98. The van der Waals surface area contributed by atoms with Crippen molar-refractivity contribution in [1.82, 2.24) is 3.71 Å². The first kappa shape index (κ1) is 16.5. The maximum atomic E-state index is 13.0. The van der Waals surface area contributed by atoms with Gasteiger partial charge in [0.05, 0.1) is 22.4 Å². The highest BCUT2D eigenvalue weighted by Gasteiger charge is 2.52. The maximum absolute atomic E-state index is 13.0. The molecule has 0 aliphatic carbocycles. The van der Waals surface area contributed by atoms with E-state index < -0.39 is 64.3 Å². The summed E-state index contributed by atoms with van der Waals surface area (Å²) in [6.07, 6.45) is -4.21. The van der Waals surface area contributed by atoms with Crippen molar-refractivity contribution >= 4 is 33.6 Å². The van der Waals surface area contributed by atoms with Gasteiger partial charge in [0.1, 0.15) is 4.90 Å². The highest BCUT2D eigenvalue weighted by atomic mass is 32.3. The van der Waals surface area contributed by atoms with Gasteiger partial charge in [-0.25, -0.2) is 17.2 Å². The quantitative estimate of drug-likeness (QED) is 0.354. The average molecular weight is 360 g/mol. The van der Waals surface area contributed by atoms with E-state index in [0.717, 1.165) is 12.1 Å². The molecule has 0 unspecified atom stereocenters. The Hall–Kier alpha value is -1.89. The molecule has 1 heterocycles. The Morgan fingerprint density at radius 2 is 1.91 bits per heavy atom. The molecule has 1 amide bonds. The number of hydrogen-bond acceptors (Lipinski definition) is 6. The Morgan fingerprint density at radius 1 is 1.32 bits per heavy atom.